The van der Waals surface area contributed by atoms with E-state index in [9.17, 15) is 4.79 Å². The van der Waals surface area contributed by atoms with Crippen LogP contribution in [0.4, 0.5) is 5.69 Å². The molecule has 1 amide bonds. The van der Waals surface area contributed by atoms with Crippen LogP contribution in [0, 0.1) is 5.92 Å². The van der Waals surface area contributed by atoms with Crippen LogP contribution >= 0.6 is 0 Å². The summed E-state index contributed by atoms with van der Waals surface area (Å²) in [6.45, 7) is 8.49. The smallest absolute Gasteiger partial charge is 0.227 e. The fraction of sp³-hybridized carbons (Fsp3) is 0.636. The molecule has 6 nitrogen and oxygen atoms in total. The van der Waals surface area contributed by atoms with Gasteiger partial charge in [-0.3, -0.25) is 9.79 Å². The van der Waals surface area contributed by atoms with Gasteiger partial charge < -0.3 is 20.4 Å². The van der Waals surface area contributed by atoms with Crippen molar-refractivity contribution in [2.45, 2.75) is 45.6 Å². The number of hydrogen-bond acceptors (Lipinski definition) is 3. The summed E-state index contributed by atoms with van der Waals surface area (Å²) in [5.41, 5.74) is 2.18. The number of nitrogens with one attached hydrogen (secondary N) is 2. The van der Waals surface area contributed by atoms with Crippen molar-refractivity contribution in [3.05, 3.63) is 29.8 Å². The van der Waals surface area contributed by atoms with Crippen molar-refractivity contribution in [1.82, 2.24) is 15.5 Å². The van der Waals surface area contributed by atoms with Gasteiger partial charge in [0.05, 0.1) is 0 Å². The largest absolute Gasteiger partial charge is 0.356 e. The van der Waals surface area contributed by atoms with E-state index in [-0.39, 0.29) is 5.91 Å². The maximum atomic E-state index is 11.8. The third-order valence-corrected chi connectivity index (χ3v) is 5.82. The summed E-state index contributed by atoms with van der Waals surface area (Å²) in [6, 6.07) is 8.24. The molecule has 0 aromatic heterocycles. The summed E-state index contributed by atoms with van der Waals surface area (Å²) in [5, 5.41) is 6.78. The van der Waals surface area contributed by atoms with Gasteiger partial charge in [-0.1, -0.05) is 19.1 Å². The Hall–Kier alpha value is -2.08. The lowest BCUT2D eigenvalue weighted by atomic mass is 9.99. The summed E-state index contributed by atoms with van der Waals surface area (Å²) in [7, 11) is 1.81. The van der Waals surface area contributed by atoms with Crippen LogP contribution in [0.2, 0.25) is 0 Å². The SMILES string of the molecule is CN=C(NCCCN1CCC(C)CC1)NCc1ccc(N2CCCC2=O)cc1. The first-order valence-corrected chi connectivity index (χ1v) is 10.7. The Morgan fingerprint density at radius 2 is 1.89 bits per heavy atom. The Labute approximate surface area is 169 Å². The molecule has 28 heavy (non-hydrogen) atoms. The van der Waals surface area contributed by atoms with Crippen molar-refractivity contribution in [2.24, 2.45) is 10.9 Å². The van der Waals surface area contributed by atoms with Crippen molar-refractivity contribution in [3.63, 3.8) is 0 Å². The minimum absolute atomic E-state index is 0.231. The van der Waals surface area contributed by atoms with Gasteiger partial charge in [-0.25, -0.2) is 0 Å². The Morgan fingerprint density at radius 1 is 1.14 bits per heavy atom. The van der Waals surface area contributed by atoms with Crippen molar-refractivity contribution < 1.29 is 4.79 Å². The van der Waals surface area contributed by atoms with E-state index in [0.29, 0.717) is 6.42 Å². The number of anilines is 1. The van der Waals surface area contributed by atoms with Gasteiger partial charge in [-0.05, 0) is 68.9 Å². The van der Waals surface area contributed by atoms with Crippen molar-refractivity contribution in [3.8, 4) is 0 Å². The van der Waals surface area contributed by atoms with Crippen LogP contribution in [0.15, 0.2) is 29.3 Å². The quantitative estimate of drug-likeness (QED) is 0.430. The molecule has 0 saturated carbocycles. The van der Waals surface area contributed by atoms with Gasteiger partial charge in [0.1, 0.15) is 0 Å². The van der Waals surface area contributed by atoms with Crippen LogP contribution in [0.3, 0.4) is 0 Å². The molecule has 2 fully saturated rings. The second-order valence-electron chi connectivity index (χ2n) is 8.05. The molecule has 3 rings (SSSR count). The Morgan fingerprint density at radius 3 is 2.54 bits per heavy atom. The van der Waals surface area contributed by atoms with Crippen molar-refractivity contribution in [2.75, 3.05) is 44.7 Å². The number of hydrogen-bond donors (Lipinski definition) is 2. The molecule has 2 aliphatic heterocycles. The van der Waals surface area contributed by atoms with Crippen LogP contribution in [0.25, 0.3) is 0 Å². The standard InChI is InChI=1S/C22H35N5O/c1-18-10-15-26(16-11-18)13-4-12-24-22(23-2)25-17-19-6-8-20(9-7-19)27-14-3-5-21(27)28/h6-9,18H,3-5,10-17H2,1-2H3,(H2,23,24,25). The molecule has 0 spiro atoms. The second kappa shape index (κ2) is 10.5. The van der Waals surface area contributed by atoms with E-state index in [1.165, 1.54) is 31.5 Å². The van der Waals surface area contributed by atoms with Gasteiger partial charge >= 0.3 is 0 Å². The lowest BCUT2D eigenvalue weighted by Gasteiger charge is -2.30. The first-order chi connectivity index (χ1) is 13.7. The third kappa shape index (κ3) is 5.96. The first-order valence-electron chi connectivity index (χ1n) is 10.7. The maximum Gasteiger partial charge on any atom is 0.227 e. The molecule has 2 heterocycles. The maximum absolute atomic E-state index is 11.8. The highest BCUT2D eigenvalue weighted by molar-refractivity contribution is 5.95. The predicted molar refractivity (Wildman–Crippen MR) is 116 cm³/mol. The third-order valence-electron chi connectivity index (χ3n) is 5.82. The minimum Gasteiger partial charge on any atom is -0.356 e. The molecule has 2 saturated heterocycles. The van der Waals surface area contributed by atoms with E-state index in [2.05, 4.69) is 39.6 Å². The number of nitrogens with zero attached hydrogens (tertiary/aromatic N) is 3. The molecule has 0 aliphatic carbocycles. The molecule has 1 aromatic carbocycles. The second-order valence-corrected chi connectivity index (χ2v) is 8.05. The van der Waals surface area contributed by atoms with Gasteiger partial charge in [0, 0.05) is 38.8 Å². The molecule has 0 atom stereocenters. The zero-order valence-electron chi connectivity index (χ0n) is 17.4. The molecule has 2 N–H and O–H groups in total. The number of benzene rings is 1. The number of piperidine rings is 1. The zero-order valence-corrected chi connectivity index (χ0v) is 17.4. The average Bonchev–Trinajstić information content (AvgIpc) is 3.15. The molecule has 1 aromatic rings. The van der Waals surface area contributed by atoms with Gasteiger partial charge in [0.15, 0.2) is 5.96 Å². The van der Waals surface area contributed by atoms with E-state index >= 15 is 0 Å². The molecule has 0 unspecified atom stereocenters. The Kier molecular flexibility index (Phi) is 7.71. The van der Waals surface area contributed by atoms with Gasteiger partial charge in [-0.2, -0.15) is 0 Å². The molecule has 154 valence electrons. The van der Waals surface area contributed by atoms with Crippen molar-refractivity contribution >= 4 is 17.6 Å². The van der Waals surface area contributed by atoms with Crippen LogP contribution in [0.1, 0.15) is 44.6 Å². The van der Waals surface area contributed by atoms with E-state index in [1.807, 2.05) is 24.1 Å². The molecule has 0 bridgehead atoms. The molecular weight excluding hydrogens is 350 g/mol. The minimum atomic E-state index is 0.231. The highest BCUT2D eigenvalue weighted by Crippen LogP contribution is 2.21. The molecule has 2 aliphatic rings. The van der Waals surface area contributed by atoms with E-state index in [4.69, 9.17) is 0 Å². The Bertz CT molecular complexity index is 649. The van der Waals surface area contributed by atoms with E-state index < -0.39 is 0 Å². The summed E-state index contributed by atoms with van der Waals surface area (Å²) in [6.07, 6.45) is 5.43. The van der Waals surface area contributed by atoms with Crippen molar-refractivity contribution in [1.29, 1.82) is 0 Å². The number of rotatable bonds is 7. The number of carbonyl (C=O) groups excluding carboxylic acids is 1. The monoisotopic (exact) mass is 385 g/mol. The van der Waals surface area contributed by atoms with Gasteiger partial charge in [-0.15, -0.1) is 0 Å². The number of guanidine groups is 1. The van der Waals surface area contributed by atoms with Gasteiger partial charge in [0.25, 0.3) is 0 Å². The van der Waals surface area contributed by atoms with Crippen LogP contribution < -0.4 is 15.5 Å². The average molecular weight is 386 g/mol. The predicted octanol–water partition coefficient (Wildman–Crippen LogP) is 2.60. The summed E-state index contributed by atoms with van der Waals surface area (Å²) >= 11 is 0. The Balaban J connectivity index is 1.35. The fourth-order valence-corrected chi connectivity index (χ4v) is 3.92. The van der Waals surface area contributed by atoms with E-state index in [1.54, 1.807) is 0 Å². The molecule has 6 heteroatoms. The molecule has 0 radical (unpaired) electrons. The van der Waals surface area contributed by atoms with Crippen LogP contribution in [-0.2, 0) is 11.3 Å². The van der Waals surface area contributed by atoms with Crippen LogP contribution in [-0.4, -0.2) is 56.5 Å². The number of aliphatic imine (C=N–C) groups is 1. The topological polar surface area (TPSA) is 60.0 Å². The lowest BCUT2D eigenvalue weighted by molar-refractivity contribution is -0.117. The molecular formula is C22H35N5O. The van der Waals surface area contributed by atoms with E-state index in [0.717, 1.165) is 56.6 Å². The number of likely N-dealkylation sites (tertiary alicyclic amines) is 1. The number of amides is 1. The zero-order chi connectivity index (χ0) is 19.8. The van der Waals surface area contributed by atoms with Crippen LogP contribution in [0.5, 0.6) is 0 Å². The first kappa shape index (κ1) is 20.6. The van der Waals surface area contributed by atoms with Gasteiger partial charge in [0.2, 0.25) is 5.91 Å². The lowest BCUT2D eigenvalue weighted by Crippen LogP contribution is -2.39. The summed E-state index contributed by atoms with van der Waals surface area (Å²) < 4.78 is 0. The summed E-state index contributed by atoms with van der Waals surface area (Å²) in [4.78, 5) is 20.6. The fourth-order valence-electron chi connectivity index (χ4n) is 3.92. The highest BCUT2D eigenvalue weighted by atomic mass is 16.2. The number of carbonyl (C=O) groups is 1. The normalized spacial score (nSPS) is 19.3. The highest BCUT2D eigenvalue weighted by Gasteiger charge is 2.21. The summed E-state index contributed by atoms with van der Waals surface area (Å²) in [5.74, 6) is 1.96.